The minimum Gasteiger partial charge on any atom is -0.466 e. The lowest BCUT2D eigenvalue weighted by molar-refractivity contribution is -0.148. The van der Waals surface area contributed by atoms with Crippen molar-refractivity contribution in [2.75, 3.05) is 24.6 Å². The number of benzene rings is 2. The molecule has 0 radical (unpaired) electrons. The minimum absolute atomic E-state index is 0.0570. The van der Waals surface area contributed by atoms with Crippen LogP contribution in [0.15, 0.2) is 54.6 Å². The van der Waals surface area contributed by atoms with Crippen LogP contribution in [0.25, 0.3) is 0 Å². The van der Waals surface area contributed by atoms with Gasteiger partial charge in [0.05, 0.1) is 23.8 Å². The Hall–Kier alpha value is -2.82. The molecule has 0 atom stereocenters. The number of carbonyl (C=O) groups is 2. The van der Waals surface area contributed by atoms with Crippen LogP contribution in [-0.4, -0.2) is 31.6 Å². The second kappa shape index (κ2) is 9.21. The number of para-hydroxylation sites is 1. The predicted molar refractivity (Wildman–Crippen MR) is 104 cm³/mol. The number of nitrogens with zero attached hydrogens (tertiary/aromatic N) is 1. The summed E-state index contributed by atoms with van der Waals surface area (Å²) >= 11 is 0. The molecule has 1 saturated heterocycles. The summed E-state index contributed by atoms with van der Waals surface area (Å²) in [5, 5.41) is 0. The average molecular weight is 367 g/mol. The van der Waals surface area contributed by atoms with Crippen molar-refractivity contribution in [1.29, 1.82) is 0 Å². The van der Waals surface area contributed by atoms with E-state index in [2.05, 4.69) is 4.90 Å². The second-order valence-electron chi connectivity index (χ2n) is 6.59. The van der Waals surface area contributed by atoms with Crippen LogP contribution >= 0.6 is 0 Å². The van der Waals surface area contributed by atoms with Crippen LogP contribution in [-0.2, 0) is 20.9 Å². The van der Waals surface area contributed by atoms with Gasteiger partial charge in [0.15, 0.2) is 0 Å². The van der Waals surface area contributed by atoms with Gasteiger partial charge in [-0.2, -0.15) is 0 Å². The fraction of sp³-hybridized carbons (Fsp3) is 0.364. The fourth-order valence-electron chi connectivity index (χ4n) is 3.34. The van der Waals surface area contributed by atoms with Crippen molar-refractivity contribution >= 4 is 17.6 Å². The van der Waals surface area contributed by atoms with Crippen LogP contribution in [0.2, 0.25) is 0 Å². The number of esters is 2. The molecule has 0 unspecified atom stereocenters. The molecular formula is C22H25NO4. The van der Waals surface area contributed by atoms with Crippen molar-refractivity contribution in [2.45, 2.75) is 26.4 Å². The van der Waals surface area contributed by atoms with Crippen LogP contribution in [0.1, 0.15) is 35.7 Å². The summed E-state index contributed by atoms with van der Waals surface area (Å²) < 4.78 is 10.6. The lowest BCUT2D eigenvalue weighted by Gasteiger charge is -2.33. The standard InChI is InChI=1S/C22H25NO4/c1-2-26-21(24)18-12-14-23(15-13-18)20-11-7-6-10-19(20)22(25)27-16-17-8-4-3-5-9-17/h3-11,18H,2,12-16H2,1H3. The molecule has 2 aromatic carbocycles. The van der Waals surface area contributed by atoms with E-state index in [1.165, 1.54) is 0 Å². The fourth-order valence-corrected chi connectivity index (χ4v) is 3.34. The lowest BCUT2D eigenvalue weighted by Crippen LogP contribution is -2.37. The SMILES string of the molecule is CCOC(=O)C1CCN(c2ccccc2C(=O)OCc2ccccc2)CC1. The summed E-state index contributed by atoms with van der Waals surface area (Å²) in [6, 6.07) is 17.1. The van der Waals surface area contributed by atoms with Crippen molar-refractivity contribution in [3.05, 3.63) is 65.7 Å². The number of anilines is 1. The molecule has 0 aromatic heterocycles. The quantitative estimate of drug-likeness (QED) is 0.727. The summed E-state index contributed by atoms with van der Waals surface area (Å²) in [5.41, 5.74) is 2.37. The number of hydrogen-bond acceptors (Lipinski definition) is 5. The van der Waals surface area contributed by atoms with Crippen LogP contribution in [0, 0.1) is 5.92 Å². The first-order chi connectivity index (χ1) is 13.2. The Bertz CT molecular complexity index is 767. The van der Waals surface area contributed by atoms with E-state index in [1.807, 2.05) is 55.5 Å². The molecule has 0 N–H and O–H groups in total. The number of ether oxygens (including phenoxy) is 2. The van der Waals surface area contributed by atoms with Gasteiger partial charge in [-0.15, -0.1) is 0 Å². The van der Waals surface area contributed by atoms with Gasteiger partial charge in [0.25, 0.3) is 0 Å². The van der Waals surface area contributed by atoms with Gasteiger partial charge in [-0.05, 0) is 37.5 Å². The summed E-state index contributed by atoms with van der Waals surface area (Å²) in [6.07, 6.45) is 1.46. The molecule has 1 heterocycles. The first kappa shape index (κ1) is 19.0. The first-order valence-corrected chi connectivity index (χ1v) is 9.40. The molecule has 1 fully saturated rings. The Morgan fingerprint density at radius 2 is 1.63 bits per heavy atom. The lowest BCUT2D eigenvalue weighted by atomic mass is 9.96. The molecule has 1 aliphatic rings. The largest absolute Gasteiger partial charge is 0.466 e. The monoisotopic (exact) mass is 367 g/mol. The molecule has 2 aromatic rings. The molecular weight excluding hydrogens is 342 g/mol. The van der Waals surface area contributed by atoms with Crippen LogP contribution in [0.4, 0.5) is 5.69 Å². The minimum atomic E-state index is -0.332. The normalized spacial score (nSPS) is 14.6. The Labute approximate surface area is 159 Å². The zero-order valence-corrected chi connectivity index (χ0v) is 15.6. The Kier molecular flexibility index (Phi) is 6.47. The predicted octanol–water partition coefficient (Wildman–Crippen LogP) is 3.82. The van der Waals surface area contributed by atoms with E-state index in [1.54, 1.807) is 6.07 Å². The molecule has 27 heavy (non-hydrogen) atoms. The van der Waals surface area contributed by atoms with Gasteiger partial charge >= 0.3 is 11.9 Å². The Balaban J connectivity index is 1.64. The highest BCUT2D eigenvalue weighted by Crippen LogP contribution is 2.27. The van der Waals surface area contributed by atoms with Crippen molar-refractivity contribution in [2.24, 2.45) is 5.92 Å². The maximum Gasteiger partial charge on any atom is 0.340 e. The van der Waals surface area contributed by atoms with E-state index in [9.17, 15) is 9.59 Å². The molecule has 0 saturated carbocycles. The maximum atomic E-state index is 12.6. The molecule has 0 bridgehead atoms. The second-order valence-corrected chi connectivity index (χ2v) is 6.59. The first-order valence-electron chi connectivity index (χ1n) is 9.40. The molecule has 3 rings (SSSR count). The van der Waals surface area contributed by atoms with Crippen molar-refractivity contribution in [3.8, 4) is 0 Å². The van der Waals surface area contributed by atoms with Crippen molar-refractivity contribution in [1.82, 2.24) is 0 Å². The summed E-state index contributed by atoms with van der Waals surface area (Å²) in [6.45, 7) is 3.91. The van der Waals surface area contributed by atoms with E-state index < -0.39 is 0 Å². The zero-order valence-electron chi connectivity index (χ0n) is 15.6. The number of carbonyl (C=O) groups excluding carboxylic acids is 2. The summed E-state index contributed by atoms with van der Waals surface area (Å²) in [4.78, 5) is 26.7. The van der Waals surface area contributed by atoms with Crippen LogP contribution < -0.4 is 4.90 Å². The molecule has 5 nitrogen and oxygen atoms in total. The molecule has 5 heteroatoms. The van der Waals surface area contributed by atoms with Crippen molar-refractivity contribution < 1.29 is 19.1 Å². The van der Waals surface area contributed by atoms with E-state index in [0.29, 0.717) is 25.3 Å². The summed E-state index contributed by atoms with van der Waals surface area (Å²) in [5.74, 6) is -0.506. The van der Waals surface area contributed by atoms with E-state index in [0.717, 1.165) is 24.1 Å². The number of rotatable bonds is 6. The molecule has 0 amide bonds. The number of hydrogen-bond donors (Lipinski definition) is 0. The van der Waals surface area contributed by atoms with Gasteiger partial charge in [0.2, 0.25) is 0 Å². The van der Waals surface area contributed by atoms with Gasteiger partial charge in [-0.3, -0.25) is 4.79 Å². The molecule has 0 aliphatic carbocycles. The van der Waals surface area contributed by atoms with E-state index >= 15 is 0 Å². The smallest absolute Gasteiger partial charge is 0.340 e. The zero-order chi connectivity index (χ0) is 19.1. The Morgan fingerprint density at radius 3 is 2.33 bits per heavy atom. The maximum absolute atomic E-state index is 12.6. The molecule has 1 aliphatic heterocycles. The van der Waals surface area contributed by atoms with Crippen LogP contribution in [0.3, 0.4) is 0 Å². The topological polar surface area (TPSA) is 55.8 Å². The highest BCUT2D eigenvalue weighted by molar-refractivity contribution is 5.96. The van der Waals surface area contributed by atoms with Gasteiger partial charge in [-0.25, -0.2) is 4.79 Å². The van der Waals surface area contributed by atoms with Gasteiger partial charge in [0.1, 0.15) is 6.61 Å². The average Bonchev–Trinajstić information content (AvgIpc) is 2.73. The molecule has 142 valence electrons. The third kappa shape index (κ3) is 4.88. The van der Waals surface area contributed by atoms with Crippen LogP contribution in [0.5, 0.6) is 0 Å². The van der Waals surface area contributed by atoms with Gasteiger partial charge in [-0.1, -0.05) is 42.5 Å². The van der Waals surface area contributed by atoms with Gasteiger partial charge < -0.3 is 14.4 Å². The van der Waals surface area contributed by atoms with E-state index in [-0.39, 0.29) is 24.5 Å². The third-order valence-electron chi connectivity index (χ3n) is 4.79. The summed E-state index contributed by atoms with van der Waals surface area (Å²) in [7, 11) is 0. The van der Waals surface area contributed by atoms with Crippen molar-refractivity contribution in [3.63, 3.8) is 0 Å². The third-order valence-corrected chi connectivity index (χ3v) is 4.79. The highest BCUT2D eigenvalue weighted by atomic mass is 16.5. The van der Waals surface area contributed by atoms with Gasteiger partial charge in [0, 0.05) is 13.1 Å². The van der Waals surface area contributed by atoms with E-state index in [4.69, 9.17) is 9.47 Å². The Morgan fingerprint density at radius 1 is 0.963 bits per heavy atom. The number of piperidine rings is 1. The highest BCUT2D eigenvalue weighted by Gasteiger charge is 2.28. The molecule has 0 spiro atoms.